The first-order valence-corrected chi connectivity index (χ1v) is 6.37. The number of rotatable bonds is 1. The van der Waals surface area contributed by atoms with E-state index in [0.717, 1.165) is 17.7 Å². The van der Waals surface area contributed by atoms with Gasteiger partial charge in [0.1, 0.15) is 0 Å². The van der Waals surface area contributed by atoms with Crippen LogP contribution in [0.25, 0.3) is 0 Å². The van der Waals surface area contributed by atoms with Crippen molar-refractivity contribution in [3.63, 3.8) is 0 Å². The molecule has 0 radical (unpaired) electrons. The molecule has 2 aliphatic rings. The smallest absolute Gasteiger partial charge is 0.399 e. The largest absolute Gasteiger partial charge is 0.495 e. The average Bonchev–Trinajstić information content (AvgIpc) is 2.81. The van der Waals surface area contributed by atoms with Crippen LogP contribution >= 0.6 is 0 Å². The lowest BCUT2D eigenvalue weighted by Crippen LogP contribution is -2.41. The van der Waals surface area contributed by atoms with Gasteiger partial charge in [0.2, 0.25) is 0 Å². The predicted molar refractivity (Wildman–Crippen MR) is 72.6 cm³/mol. The zero-order chi connectivity index (χ0) is 13.0. The van der Waals surface area contributed by atoms with Gasteiger partial charge in [-0.25, -0.2) is 5.43 Å². The number of nitrogens with one attached hydrogen (secondary N) is 2. The third-order valence-electron chi connectivity index (χ3n) is 4.21. The summed E-state index contributed by atoms with van der Waals surface area (Å²) in [6.45, 7) is 9.11. The zero-order valence-corrected chi connectivity index (χ0v) is 11.3. The maximum absolute atomic E-state index is 6.10. The lowest BCUT2D eigenvalue weighted by Gasteiger charge is -2.32. The van der Waals surface area contributed by atoms with E-state index in [1.54, 1.807) is 0 Å². The monoisotopic (exact) mass is 246 g/mol. The minimum absolute atomic E-state index is 0.286. The molecule has 1 saturated heterocycles. The molecule has 0 aliphatic carbocycles. The van der Waals surface area contributed by atoms with E-state index >= 15 is 0 Å². The van der Waals surface area contributed by atoms with Gasteiger partial charge in [0.25, 0.3) is 0 Å². The second-order valence-electron chi connectivity index (χ2n) is 5.94. The molecular formula is C13H19BN2O2. The lowest BCUT2D eigenvalue weighted by atomic mass is 9.75. The van der Waals surface area contributed by atoms with Crippen LogP contribution in [-0.2, 0) is 15.9 Å². The van der Waals surface area contributed by atoms with Gasteiger partial charge in [-0.05, 0) is 44.8 Å². The topological polar surface area (TPSA) is 42.5 Å². The van der Waals surface area contributed by atoms with Crippen LogP contribution in [0.1, 0.15) is 33.3 Å². The SMILES string of the molecule is CC1(C)OB(c2cccc3c2CNN3)OC1(C)C. The van der Waals surface area contributed by atoms with Crippen molar-refractivity contribution in [3.05, 3.63) is 23.8 Å². The molecule has 0 amide bonds. The zero-order valence-electron chi connectivity index (χ0n) is 11.3. The summed E-state index contributed by atoms with van der Waals surface area (Å²) in [5.74, 6) is 0. The number of hydrogen-bond donors (Lipinski definition) is 2. The summed E-state index contributed by atoms with van der Waals surface area (Å²) in [5, 5.41) is 0. The van der Waals surface area contributed by atoms with Gasteiger partial charge in [0, 0.05) is 6.54 Å². The van der Waals surface area contributed by atoms with Gasteiger partial charge >= 0.3 is 7.12 Å². The van der Waals surface area contributed by atoms with E-state index in [9.17, 15) is 0 Å². The molecular weight excluding hydrogens is 227 g/mol. The van der Waals surface area contributed by atoms with Crippen LogP contribution in [-0.4, -0.2) is 18.3 Å². The predicted octanol–water partition coefficient (Wildman–Crippen LogP) is 1.42. The fraction of sp³-hybridized carbons (Fsp3) is 0.538. The van der Waals surface area contributed by atoms with E-state index in [2.05, 4.69) is 50.7 Å². The molecule has 1 fully saturated rings. The molecule has 2 aliphatic heterocycles. The van der Waals surface area contributed by atoms with Crippen LogP contribution in [0.3, 0.4) is 0 Å². The van der Waals surface area contributed by atoms with Gasteiger partial charge in [-0.1, -0.05) is 12.1 Å². The molecule has 2 N–H and O–H groups in total. The van der Waals surface area contributed by atoms with Crippen LogP contribution in [0.5, 0.6) is 0 Å². The van der Waals surface area contributed by atoms with Crippen molar-refractivity contribution in [1.29, 1.82) is 0 Å². The van der Waals surface area contributed by atoms with Crippen molar-refractivity contribution in [2.45, 2.75) is 45.4 Å². The molecule has 0 unspecified atom stereocenters. The van der Waals surface area contributed by atoms with Crippen LogP contribution < -0.4 is 16.3 Å². The highest BCUT2D eigenvalue weighted by Gasteiger charge is 2.52. The molecule has 5 heteroatoms. The van der Waals surface area contributed by atoms with Gasteiger partial charge in [-0.15, -0.1) is 0 Å². The van der Waals surface area contributed by atoms with Crippen molar-refractivity contribution in [2.75, 3.05) is 5.43 Å². The summed E-state index contributed by atoms with van der Waals surface area (Å²) in [4.78, 5) is 0. The summed E-state index contributed by atoms with van der Waals surface area (Å²) in [5.41, 5.74) is 9.15. The quantitative estimate of drug-likeness (QED) is 0.735. The first kappa shape index (κ1) is 12.0. The number of anilines is 1. The van der Waals surface area contributed by atoms with Crippen molar-refractivity contribution in [1.82, 2.24) is 5.43 Å². The highest BCUT2D eigenvalue weighted by atomic mass is 16.7. The van der Waals surface area contributed by atoms with Gasteiger partial charge in [0.05, 0.1) is 16.9 Å². The molecule has 1 aromatic rings. The van der Waals surface area contributed by atoms with Gasteiger partial charge < -0.3 is 14.7 Å². The summed E-state index contributed by atoms with van der Waals surface area (Å²) in [6.07, 6.45) is 0. The van der Waals surface area contributed by atoms with Crippen molar-refractivity contribution in [2.24, 2.45) is 0 Å². The van der Waals surface area contributed by atoms with Crippen LogP contribution in [0, 0.1) is 0 Å². The van der Waals surface area contributed by atoms with Crippen molar-refractivity contribution in [3.8, 4) is 0 Å². The van der Waals surface area contributed by atoms with Crippen LogP contribution in [0.15, 0.2) is 18.2 Å². The Morgan fingerprint density at radius 1 is 1.11 bits per heavy atom. The lowest BCUT2D eigenvalue weighted by molar-refractivity contribution is 0.00578. The Morgan fingerprint density at radius 3 is 2.44 bits per heavy atom. The molecule has 0 saturated carbocycles. The Labute approximate surface area is 108 Å². The minimum atomic E-state index is -0.292. The Hall–Kier alpha value is -1.04. The van der Waals surface area contributed by atoms with E-state index < -0.39 is 0 Å². The van der Waals surface area contributed by atoms with E-state index in [1.807, 2.05) is 6.07 Å². The maximum atomic E-state index is 6.10. The number of hydrazine groups is 1. The van der Waals surface area contributed by atoms with Crippen LogP contribution in [0.4, 0.5) is 5.69 Å². The first-order chi connectivity index (χ1) is 8.41. The number of hydrogen-bond acceptors (Lipinski definition) is 4. The number of benzene rings is 1. The molecule has 0 bridgehead atoms. The molecule has 0 atom stereocenters. The fourth-order valence-corrected chi connectivity index (χ4v) is 2.34. The third-order valence-corrected chi connectivity index (χ3v) is 4.21. The van der Waals surface area contributed by atoms with Gasteiger partial charge in [-0.2, -0.15) is 0 Å². The first-order valence-electron chi connectivity index (χ1n) is 6.37. The van der Waals surface area contributed by atoms with E-state index in [-0.39, 0.29) is 18.3 Å². The average molecular weight is 246 g/mol. The highest BCUT2D eigenvalue weighted by Crippen LogP contribution is 2.37. The third kappa shape index (κ3) is 1.66. The number of fused-ring (bicyclic) bond motifs is 1. The summed E-state index contributed by atoms with van der Waals surface area (Å²) in [7, 11) is -0.286. The molecule has 0 spiro atoms. The molecule has 1 aromatic carbocycles. The molecule has 2 heterocycles. The highest BCUT2D eigenvalue weighted by molar-refractivity contribution is 6.62. The summed E-state index contributed by atoms with van der Waals surface area (Å²) in [6, 6.07) is 6.17. The van der Waals surface area contributed by atoms with Gasteiger partial charge in [-0.3, -0.25) is 0 Å². The standard InChI is InChI=1S/C13H19BN2O2/c1-12(2)13(3,4)18-14(17-12)10-6-5-7-11-9(10)8-15-16-11/h5-7,15-16H,8H2,1-4H3. The second-order valence-corrected chi connectivity index (χ2v) is 5.94. The molecule has 96 valence electrons. The Bertz CT molecular complexity index is 472. The minimum Gasteiger partial charge on any atom is -0.399 e. The molecule has 0 aromatic heterocycles. The normalized spacial score (nSPS) is 23.9. The van der Waals surface area contributed by atoms with E-state index in [0.29, 0.717) is 0 Å². The van der Waals surface area contributed by atoms with Gasteiger partial charge in [0.15, 0.2) is 0 Å². The molecule has 4 nitrogen and oxygen atoms in total. The summed E-state index contributed by atoms with van der Waals surface area (Å²) >= 11 is 0. The fourth-order valence-electron chi connectivity index (χ4n) is 2.34. The molecule has 3 rings (SSSR count). The van der Waals surface area contributed by atoms with Crippen LogP contribution in [0.2, 0.25) is 0 Å². The Kier molecular flexibility index (Phi) is 2.49. The Morgan fingerprint density at radius 2 is 1.78 bits per heavy atom. The molecule has 18 heavy (non-hydrogen) atoms. The summed E-state index contributed by atoms with van der Waals surface area (Å²) < 4.78 is 12.2. The van der Waals surface area contributed by atoms with E-state index in [1.165, 1.54) is 5.56 Å². The Balaban J connectivity index is 1.97. The van der Waals surface area contributed by atoms with E-state index in [4.69, 9.17) is 9.31 Å². The van der Waals surface area contributed by atoms with Crippen molar-refractivity contribution < 1.29 is 9.31 Å². The second kappa shape index (κ2) is 3.73. The van der Waals surface area contributed by atoms with Crippen molar-refractivity contribution >= 4 is 18.3 Å². The maximum Gasteiger partial charge on any atom is 0.495 e.